The molecule has 5 heteroatoms. The fraction of sp³-hybridized carbons (Fsp3) is 0.217. The standard InChI is InChI=1S/C23H24N4O/c1-14-4-3-5-19(15(14)2)21-13-22(27-23(24)26-21)25-11-10-17-7-6-16-8-9-18(28)12-20(16)17/h3-5,7-9,12-13,28H,6,10-11H2,1-2H3,(H3,24,25,26,27). The van der Waals surface area contributed by atoms with E-state index in [9.17, 15) is 5.11 Å². The van der Waals surface area contributed by atoms with Crippen molar-refractivity contribution >= 4 is 17.3 Å². The highest BCUT2D eigenvalue weighted by Gasteiger charge is 2.14. The monoisotopic (exact) mass is 372 g/mol. The predicted molar refractivity (Wildman–Crippen MR) is 114 cm³/mol. The quantitative estimate of drug-likeness (QED) is 0.614. The van der Waals surface area contributed by atoms with Crippen LogP contribution >= 0.6 is 0 Å². The Morgan fingerprint density at radius 2 is 1.93 bits per heavy atom. The molecule has 3 aromatic rings. The molecule has 142 valence electrons. The first-order valence-corrected chi connectivity index (χ1v) is 9.47. The van der Waals surface area contributed by atoms with Crippen LogP contribution in [0.25, 0.3) is 16.8 Å². The minimum Gasteiger partial charge on any atom is -0.508 e. The van der Waals surface area contributed by atoms with E-state index >= 15 is 0 Å². The van der Waals surface area contributed by atoms with Crippen LogP contribution in [0, 0.1) is 13.8 Å². The van der Waals surface area contributed by atoms with E-state index in [2.05, 4.69) is 47.3 Å². The minimum absolute atomic E-state index is 0.260. The summed E-state index contributed by atoms with van der Waals surface area (Å²) in [7, 11) is 0. The van der Waals surface area contributed by atoms with Crippen LogP contribution in [-0.4, -0.2) is 21.6 Å². The van der Waals surface area contributed by atoms with Gasteiger partial charge in [0.15, 0.2) is 0 Å². The number of hydrogen-bond donors (Lipinski definition) is 3. The van der Waals surface area contributed by atoms with Crippen LogP contribution < -0.4 is 11.1 Å². The molecule has 1 aromatic heterocycles. The maximum Gasteiger partial charge on any atom is 0.222 e. The first-order valence-electron chi connectivity index (χ1n) is 9.47. The molecule has 0 saturated carbocycles. The smallest absolute Gasteiger partial charge is 0.222 e. The van der Waals surface area contributed by atoms with Gasteiger partial charge in [0.05, 0.1) is 5.69 Å². The van der Waals surface area contributed by atoms with Crippen molar-refractivity contribution in [1.29, 1.82) is 0 Å². The molecular weight excluding hydrogens is 348 g/mol. The highest BCUT2D eigenvalue weighted by molar-refractivity contribution is 5.74. The molecule has 0 spiro atoms. The number of aryl methyl sites for hydroxylation is 1. The second-order valence-electron chi connectivity index (χ2n) is 7.20. The van der Waals surface area contributed by atoms with Crippen molar-refractivity contribution in [2.45, 2.75) is 26.7 Å². The summed E-state index contributed by atoms with van der Waals surface area (Å²) in [6.07, 6.45) is 3.99. The number of phenolic OH excluding ortho intramolecular Hbond substituents is 1. The number of nitrogens with zero attached hydrogens (tertiary/aromatic N) is 2. The van der Waals surface area contributed by atoms with Crippen LogP contribution in [-0.2, 0) is 6.42 Å². The number of aromatic hydroxyl groups is 1. The van der Waals surface area contributed by atoms with Crippen LogP contribution in [0.1, 0.15) is 28.7 Å². The molecule has 2 aromatic carbocycles. The topological polar surface area (TPSA) is 84.1 Å². The van der Waals surface area contributed by atoms with E-state index in [1.54, 1.807) is 6.07 Å². The number of fused-ring (bicyclic) bond motifs is 1. The van der Waals surface area contributed by atoms with Crippen LogP contribution in [0.2, 0.25) is 0 Å². The van der Waals surface area contributed by atoms with E-state index in [0.29, 0.717) is 5.75 Å². The number of aromatic nitrogens is 2. The summed E-state index contributed by atoms with van der Waals surface area (Å²) < 4.78 is 0. The number of benzene rings is 2. The number of hydrogen-bond acceptors (Lipinski definition) is 5. The summed E-state index contributed by atoms with van der Waals surface area (Å²) in [5.41, 5.74) is 13.9. The number of nitrogens with one attached hydrogen (secondary N) is 1. The fourth-order valence-corrected chi connectivity index (χ4v) is 3.67. The molecule has 1 aliphatic rings. The van der Waals surface area contributed by atoms with Crippen LogP contribution in [0.5, 0.6) is 5.75 Å². The molecule has 4 rings (SSSR count). The van der Waals surface area contributed by atoms with Crippen molar-refractivity contribution in [3.05, 3.63) is 70.8 Å². The summed E-state index contributed by atoms with van der Waals surface area (Å²) in [4.78, 5) is 8.75. The maximum absolute atomic E-state index is 9.76. The summed E-state index contributed by atoms with van der Waals surface area (Å²) in [6, 6.07) is 13.7. The molecular formula is C23H24N4O. The zero-order chi connectivity index (χ0) is 19.7. The summed E-state index contributed by atoms with van der Waals surface area (Å²) in [5.74, 6) is 1.29. The lowest BCUT2D eigenvalue weighted by Crippen LogP contribution is -2.07. The molecule has 1 heterocycles. The SMILES string of the molecule is Cc1cccc(-c2cc(NCCC3=CCc4ccc(O)cc43)nc(N)n2)c1C. The van der Waals surface area contributed by atoms with Gasteiger partial charge in [-0.15, -0.1) is 0 Å². The number of phenols is 1. The predicted octanol–water partition coefficient (Wildman–Crippen LogP) is 4.49. The molecule has 0 atom stereocenters. The molecule has 0 bridgehead atoms. The molecule has 28 heavy (non-hydrogen) atoms. The van der Waals surface area contributed by atoms with Crippen LogP contribution in [0.15, 0.2) is 48.5 Å². The Hall–Kier alpha value is -3.34. The van der Waals surface area contributed by atoms with Gasteiger partial charge in [0.2, 0.25) is 5.95 Å². The molecule has 0 amide bonds. The molecule has 0 saturated heterocycles. The van der Waals surface area contributed by atoms with Crippen LogP contribution in [0.3, 0.4) is 0 Å². The van der Waals surface area contributed by atoms with Crippen molar-refractivity contribution in [3.63, 3.8) is 0 Å². The molecule has 1 aliphatic carbocycles. The van der Waals surface area contributed by atoms with Gasteiger partial charge in [0.1, 0.15) is 11.6 Å². The number of allylic oxidation sites excluding steroid dienone is 1. The van der Waals surface area contributed by atoms with E-state index in [0.717, 1.165) is 42.0 Å². The molecule has 5 nitrogen and oxygen atoms in total. The maximum atomic E-state index is 9.76. The van der Waals surface area contributed by atoms with E-state index < -0.39 is 0 Å². The largest absolute Gasteiger partial charge is 0.508 e. The fourth-order valence-electron chi connectivity index (χ4n) is 3.67. The average molecular weight is 372 g/mol. The highest BCUT2D eigenvalue weighted by Crippen LogP contribution is 2.32. The van der Waals surface area contributed by atoms with E-state index in [-0.39, 0.29) is 5.95 Å². The van der Waals surface area contributed by atoms with E-state index in [1.165, 1.54) is 22.3 Å². The Morgan fingerprint density at radius 3 is 2.79 bits per heavy atom. The van der Waals surface area contributed by atoms with Gasteiger partial charge in [-0.25, -0.2) is 4.98 Å². The van der Waals surface area contributed by atoms with Crippen LogP contribution in [0.4, 0.5) is 11.8 Å². The average Bonchev–Trinajstić information content (AvgIpc) is 3.06. The molecule has 0 radical (unpaired) electrons. The highest BCUT2D eigenvalue weighted by atomic mass is 16.3. The van der Waals surface area contributed by atoms with Crippen molar-refractivity contribution < 1.29 is 5.11 Å². The Balaban J connectivity index is 1.49. The zero-order valence-electron chi connectivity index (χ0n) is 16.2. The molecule has 4 N–H and O–H groups in total. The van der Waals surface area contributed by atoms with E-state index in [1.807, 2.05) is 24.3 Å². The van der Waals surface area contributed by atoms with Crippen molar-refractivity contribution in [1.82, 2.24) is 9.97 Å². The minimum atomic E-state index is 0.260. The van der Waals surface area contributed by atoms with Gasteiger partial charge in [-0.3, -0.25) is 0 Å². The first-order chi connectivity index (χ1) is 13.5. The second-order valence-corrected chi connectivity index (χ2v) is 7.20. The number of rotatable bonds is 5. The third-order valence-corrected chi connectivity index (χ3v) is 5.33. The van der Waals surface area contributed by atoms with Gasteiger partial charge < -0.3 is 16.2 Å². The zero-order valence-corrected chi connectivity index (χ0v) is 16.2. The number of anilines is 2. The van der Waals surface area contributed by atoms with Crippen molar-refractivity contribution in [2.24, 2.45) is 0 Å². The number of nitrogens with two attached hydrogens (primary N) is 1. The Morgan fingerprint density at radius 1 is 1.07 bits per heavy atom. The Kier molecular flexibility index (Phi) is 4.74. The van der Waals surface area contributed by atoms with Gasteiger partial charge >= 0.3 is 0 Å². The summed E-state index contributed by atoms with van der Waals surface area (Å²) >= 11 is 0. The van der Waals surface area contributed by atoms with Gasteiger partial charge in [0, 0.05) is 18.2 Å². The Labute approximate surface area is 165 Å². The Bertz CT molecular complexity index is 1070. The second kappa shape index (κ2) is 7.35. The van der Waals surface area contributed by atoms with Gasteiger partial charge in [-0.05, 0) is 66.6 Å². The normalized spacial score (nSPS) is 12.6. The number of nitrogen functional groups attached to an aromatic ring is 1. The van der Waals surface area contributed by atoms with Crippen molar-refractivity contribution in [2.75, 3.05) is 17.6 Å². The lowest BCUT2D eigenvalue weighted by Gasteiger charge is -2.12. The summed E-state index contributed by atoms with van der Waals surface area (Å²) in [6.45, 7) is 4.91. The summed E-state index contributed by atoms with van der Waals surface area (Å²) in [5, 5.41) is 13.1. The molecule has 0 aliphatic heterocycles. The lowest BCUT2D eigenvalue weighted by atomic mass is 10.0. The lowest BCUT2D eigenvalue weighted by molar-refractivity contribution is 0.475. The van der Waals surface area contributed by atoms with Crippen molar-refractivity contribution in [3.8, 4) is 17.0 Å². The third kappa shape index (κ3) is 3.56. The van der Waals surface area contributed by atoms with Gasteiger partial charge in [-0.2, -0.15) is 4.98 Å². The van der Waals surface area contributed by atoms with E-state index in [4.69, 9.17) is 5.73 Å². The van der Waals surface area contributed by atoms with Gasteiger partial charge in [-0.1, -0.05) is 30.3 Å². The third-order valence-electron chi connectivity index (χ3n) is 5.33. The first kappa shape index (κ1) is 18.0. The van der Waals surface area contributed by atoms with Gasteiger partial charge in [0.25, 0.3) is 0 Å². The molecule has 0 unspecified atom stereocenters. The molecule has 0 fully saturated rings.